The zero-order chi connectivity index (χ0) is 14.8. The molecular weight excluding hydrogens is 328 g/mol. The quantitative estimate of drug-likeness (QED) is 0.803. The van der Waals surface area contributed by atoms with E-state index in [2.05, 4.69) is 34.5 Å². The number of sulfonamides is 1. The van der Waals surface area contributed by atoms with Crippen LogP contribution < -0.4 is 10.5 Å². The number of nitrogens with one attached hydrogen (secondary N) is 1. The van der Waals surface area contributed by atoms with Crippen molar-refractivity contribution in [2.45, 2.75) is 32.6 Å². The van der Waals surface area contributed by atoms with Crippen molar-refractivity contribution < 1.29 is 8.42 Å². The summed E-state index contributed by atoms with van der Waals surface area (Å²) in [5.41, 5.74) is 5.88. The highest BCUT2D eigenvalue weighted by Crippen LogP contribution is 2.27. The van der Waals surface area contributed by atoms with Crippen molar-refractivity contribution in [1.82, 2.24) is 4.72 Å². The first-order valence-corrected chi connectivity index (χ1v) is 8.38. The number of nitrogen functional groups attached to an aromatic ring is 1. The Kier molecular flexibility index (Phi) is 5.03. The van der Waals surface area contributed by atoms with Gasteiger partial charge in [0.2, 0.25) is 10.0 Å². The predicted molar refractivity (Wildman–Crippen MR) is 82.4 cm³/mol. The van der Waals surface area contributed by atoms with Crippen LogP contribution in [-0.2, 0) is 10.0 Å². The van der Waals surface area contributed by atoms with Gasteiger partial charge < -0.3 is 5.73 Å². The predicted octanol–water partition coefficient (Wildman–Crippen LogP) is 2.99. The summed E-state index contributed by atoms with van der Waals surface area (Å²) in [5, 5.41) is 0. The summed E-state index contributed by atoms with van der Waals surface area (Å²) in [6, 6.07) is 4.75. The summed E-state index contributed by atoms with van der Waals surface area (Å²) in [7, 11) is -3.57. The third-order valence-electron chi connectivity index (χ3n) is 3.54. The van der Waals surface area contributed by atoms with E-state index in [1.54, 1.807) is 12.1 Å². The molecule has 0 radical (unpaired) electrons. The van der Waals surface area contributed by atoms with Gasteiger partial charge in [-0.15, -0.1) is 0 Å². The lowest BCUT2D eigenvalue weighted by atomic mass is 9.81. The molecule has 0 saturated carbocycles. The van der Waals surface area contributed by atoms with Crippen LogP contribution >= 0.6 is 15.9 Å². The van der Waals surface area contributed by atoms with E-state index in [4.69, 9.17) is 5.73 Å². The summed E-state index contributed by atoms with van der Waals surface area (Å²) < 4.78 is 27.8. The minimum absolute atomic E-state index is 0.114. The van der Waals surface area contributed by atoms with E-state index in [0.717, 1.165) is 4.47 Å². The molecule has 1 aromatic rings. The zero-order valence-corrected chi connectivity index (χ0v) is 14.1. The van der Waals surface area contributed by atoms with Crippen LogP contribution in [0.25, 0.3) is 0 Å². The Bertz CT molecular complexity index is 554. The van der Waals surface area contributed by atoms with E-state index in [-0.39, 0.29) is 16.0 Å². The van der Waals surface area contributed by atoms with Crippen LogP contribution in [0.4, 0.5) is 5.69 Å². The molecule has 108 valence electrons. The molecule has 0 spiro atoms. The van der Waals surface area contributed by atoms with Gasteiger partial charge in [0.05, 0.1) is 5.69 Å². The number of anilines is 1. The third kappa shape index (κ3) is 4.19. The van der Waals surface area contributed by atoms with Crippen LogP contribution in [0.1, 0.15) is 27.7 Å². The van der Waals surface area contributed by atoms with Crippen molar-refractivity contribution in [2.24, 2.45) is 11.3 Å². The summed E-state index contributed by atoms with van der Waals surface area (Å²) in [5.74, 6) is 0.373. The van der Waals surface area contributed by atoms with Crippen molar-refractivity contribution in [3.63, 3.8) is 0 Å². The van der Waals surface area contributed by atoms with Gasteiger partial charge >= 0.3 is 0 Å². The molecule has 0 saturated heterocycles. The van der Waals surface area contributed by atoms with Crippen molar-refractivity contribution in [3.05, 3.63) is 22.7 Å². The molecule has 1 rings (SSSR count). The molecule has 0 amide bonds. The molecule has 0 aliphatic rings. The van der Waals surface area contributed by atoms with Crippen molar-refractivity contribution in [3.8, 4) is 0 Å². The topological polar surface area (TPSA) is 72.2 Å². The molecule has 0 aromatic heterocycles. The zero-order valence-electron chi connectivity index (χ0n) is 11.7. The number of hydrogen-bond donors (Lipinski definition) is 2. The van der Waals surface area contributed by atoms with Crippen molar-refractivity contribution in [2.75, 3.05) is 12.3 Å². The standard InChI is InChI=1S/C13H21BrN2O2S/c1-9(2)13(3,4)8-16-19(17,18)12-6-5-10(14)7-11(12)15/h5-7,9,16H,8,15H2,1-4H3. The number of benzene rings is 1. The largest absolute Gasteiger partial charge is 0.398 e. The van der Waals surface area contributed by atoms with Crippen LogP contribution in [0, 0.1) is 11.3 Å². The Morgan fingerprint density at radius 3 is 2.42 bits per heavy atom. The van der Waals surface area contributed by atoms with E-state index in [1.165, 1.54) is 6.07 Å². The number of nitrogens with two attached hydrogens (primary N) is 1. The van der Waals surface area contributed by atoms with E-state index in [0.29, 0.717) is 12.5 Å². The van der Waals surface area contributed by atoms with Gasteiger partial charge in [0.1, 0.15) is 4.90 Å². The van der Waals surface area contributed by atoms with E-state index < -0.39 is 10.0 Å². The number of halogens is 1. The van der Waals surface area contributed by atoms with Crippen molar-refractivity contribution >= 4 is 31.6 Å². The number of rotatable bonds is 5. The first kappa shape index (κ1) is 16.5. The van der Waals surface area contributed by atoms with Gasteiger partial charge in [-0.25, -0.2) is 13.1 Å². The molecule has 1 aromatic carbocycles. The van der Waals surface area contributed by atoms with Gasteiger partial charge in [-0.05, 0) is 29.5 Å². The van der Waals surface area contributed by atoms with Gasteiger partial charge in [0.15, 0.2) is 0 Å². The Morgan fingerprint density at radius 2 is 1.95 bits per heavy atom. The SMILES string of the molecule is CC(C)C(C)(C)CNS(=O)(=O)c1ccc(Br)cc1N. The molecule has 4 nitrogen and oxygen atoms in total. The molecule has 0 unspecified atom stereocenters. The van der Waals surface area contributed by atoms with E-state index in [1.807, 2.05) is 13.8 Å². The number of hydrogen-bond acceptors (Lipinski definition) is 3. The summed E-state index contributed by atoms with van der Waals surface area (Å²) in [6.07, 6.45) is 0. The second-order valence-electron chi connectivity index (χ2n) is 5.65. The van der Waals surface area contributed by atoms with Gasteiger partial charge in [-0.3, -0.25) is 0 Å². The first-order chi connectivity index (χ1) is 8.56. The van der Waals surface area contributed by atoms with Gasteiger partial charge in [0, 0.05) is 11.0 Å². The molecule has 19 heavy (non-hydrogen) atoms. The molecule has 0 fully saturated rings. The Hall–Kier alpha value is -0.590. The average molecular weight is 349 g/mol. The monoisotopic (exact) mass is 348 g/mol. The molecular formula is C13H21BrN2O2S. The van der Waals surface area contributed by atoms with Crippen LogP contribution in [0.15, 0.2) is 27.6 Å². The van der Waals surface area contributed by atoms with E-state index >= 15 is 0 Å². The lowest BCUT2D eigenvalue weighted by Gasteiger charge is -2.29. The molecule has 0 atom stereocenters. The van der Waals surface area contributed by atoms with Crippen LogP contribution in [-0.4, -0.2) is 15.0 Å². The van der Waals surface area contributed by atoms with Gasteiger partial charge in [-0.2, -0.15) is 0 Å². The Morgan fingerprint density at radius 1 is 1.37 bits per heavy atom. The summed E-state index contributed by atoms with van der Waals surface area (Å²) in [4.78, 5) is 0.121. The maximum Gasteiger partial charge on any atom is 0.242 e. The second kappa shape index (κ2) is 5.81. The normalized spacial score (nSPS) is 12.9. The smallest absolute Gasteiger partial charge is 0.242 e. The molecule has 3 N–H and O–H groups in total. The molecule has 0 aliphatic heterocycles. The molecule has 0 bridgehead atoms. The van der Waals surface area contributed by atoms with Crippen LogP contribution in [0.3, 0.4) is 0 Å². The molecule has 0 heterocycles. The highest BCUT2D eigenvalue weighted by atomic mass is 79.9. The highest BCUT2D eigenvalue weighted by molar-refractivity contribution is 9.10. The van der Waals surface area contributed by atoms with Gasteiger partial charge in [-0.1, -0.05) is 43.6 Å². The minimum Gasteiger partial charge on any atom is -0.398 e. The van der Waals surface area contributed by atoms with Crippen LogP contribution in [0.5, 0.6) is 0 Å². The summed E-state index contributed by atoms with van der Waals surface area (Å²) in [6.45, 7) is 8.59. The summed E-state index contributed by atoms with van der Waals surface area (Å²) >= 11 is 3.26. The van der Waals surface area contributed by atoms with E-state index in [9.17, 15) is 8.42 Å². The molecule has 0 aliphatic carbocycles. The maximum atomic E-state index is 12.2. The van der Waals surface area contributed by atoms with Crippen molar-refractivity contribution in [1.29, 1.82) is 0 Å². The fourth-order valence-electron chi connectivity index (χ4n) is 1.33. The lowest BCUT2D eigenvalue weighted by molar-refractivity contribution is 0.252. The minimum atomic E-state index is -3.57. The second-order valence-corrected chi connectivity index (χ2v) is 8.30. The third-order valence-corrected chi connectivity index (χ3v) is 5.51. The fraction of sp³-hybridized carbons (Fsp3) is 0.538. The molecule has 6 heteroatoms. The Labute approximate surface area is 124 Å². The maximum absolute atomic E-state index is 12.2. The first-order valence-electron chi connectivity index (χ1n) is 6.11. The highest BCUT2D eigenvalue weighted by Gasteiger charge is 2.26. The van der Waals surface area contributed by atoms with Gasteiger partial charge in [0.25, 0.3) is 0 Å². The lowest BCUT2D eigenvalue weighted by Crippen LogP contribution is -2.37. The Balaban J connectivity index is 2.94. The van der Waals surface area contributed by atoms with Crippen LogP contribution in [0.2, 0.25) is 0 Å². The average Bonchev–Trinajstić information content (AvgIpc) is 2.26. The fourth-order valence-corrected chi connectivity index (χ4v) is 3.04.